The topological polar surface area (TPSA) is 82.1 Å². The monoisotopic (exact) mass is 187 g/mol. The number of likely N-dealkylation sites (tertiary alicyclic amines) is 1. The van der Waals surface area contributed by atoms with Crippen LogP contribution in [0.25, 0.3) is 0 Å². The van der Waals surface area contributed by atoms with Gasteiger partial charge in [-0.25, -0.2) is 0 Å². The molecule has 0 spiro atoms. The quantitative estimate of drug-likeness (QED) is 0.239. The van der Waals surface area contributed by atoms with E-state index in [2.05, 4.69) is 10.1 Å². The molecule has 5 nitrogen and oxygen atoms in total. The summed E-state index contributed by atoms with van der Waals surface area (Å²) in [6, 6.07) is 0. The minimum Gasteiger partial charge on any atom is -0.409 e. The molecule has 76 valence electrons. The Hall–Kier alpha value is -0.810. The molecule has 0 aromatic rings. The molecule has 4 N–H and O–H groups in total. The number of nitrogens with two attached hydrogens (primary N) is 1. The molecule has 0 radical (unpaired) electrons. The fourth-order valence-electron chi connectivity index (χ4n) is 1.56. The molecule has 0 bridgehead atoms. The molecule has 1 heterocycles. The lowest BCUT2D eigenvalue weighted by atomic mass is 10.1. The molecule has 1 aliphatic heterocycles. The van der Waals surface area contributed by atoms with Crippen molar-refractivity contribution < 1.29 is 10.3 Å². The van der Waals surface area contributed by atoms with Crippen molar-refractivity contribution in [2.24, 2.45) is 16.8 Å². The van der Waals surface area contributed by atoms with Crippen LogP contribution in [0.1, 0.15) is 13.3 Å². The lowest BCUT2D eigenvalue weighted by molar-refractivity contribution is 0.174. The maximum atomic E-state index is 9.26. The zero-order valence-corrected chi connectivity index (χ0v) is 7.85. The van der Waals surface area contributed by atoms with Gasteiger partial charge in [0.1, 0.15) is 5.84 Å². The van der Waals surface area contributed by atoms with Crippen LogP contribution in [0.5, 0.6) is 0 Å². The van der Waals surface area contributed by atoms with Crippen molar-refractivity contribution in [3.05, 3.63) is 0 Å². The van der Waals surface area contributed by atoms with E-state index >= 15 is 0 Å². The molecule has 13 heavy (non-hydrogen) atoms. The standard InChI is InChI=1S/C8H17N3O2/c1-6(8(9)10-13)4-11-3-2-7(12)5-11/h6-7,12-13H,2-5H2,1H3,(H2,9,10). The van der Waals surface area contributed by atoms with Crippen molar-refractivity contribution in [2.45, 2.75) is 19.4 Å². The van der Waals surface area contributed by atoms with Crippen molar-refractivity contribution >= 4 is 5.84 Å². The predicted molar refractivity (Wildman–Crippen MR) is 49.6 cm³/mol. The van der Waals surface area contributed by atoms with Crippen LogP contribution < -0.4 is 5.73 Å². The molecule has 5 heteroatoms. The van der Waals surface area contributed by atoms with Gasteiger partial charge >= 0.3 is 0 Å². The maximum absolute atomic E-state index is 9.26. The number of β-amino-alcohol motifs (C(OH)–C–C–N with tert-alkyl or cyclic N) is 1. The van der Waals surface area contributed by atoms with E-state index in [4.69, 9.17) is 10.9 Å². The number of aliphatic hydroxyl groups excluding tert-OH is 1. The molecule has 0 aliphatic carbocycles. The van der Waals surface area contributed by atoms with Crippen LogP contribution in [0.15, 0.2) is 5.16 Å². The minimum atomic E-state index is -0.209. The summed E-state index contributed by atoms with van der Waals surface area (Å²) in [5.74, 6) is 0.289. The highest BCUT2D eigenvalue weighted by Crippen LogP contribution is 2.10. The van der Waals surface area contributed by atoms with Crippen LogP contribution in [0.3, 0.4) is 0 Å². The highest BCUT2D eigenvalue weighted by atomic mass is 16.4. The number of rotatable bonds is 3. The molecule has 1 rings (SSSR count). The Morgan fingerprint density at radius 2 is 2.46 bits per heavy atom. The Morgan fingerprint density at radius 3 is 2.92 bits per heavy atom. The van der Waals surface area contributed by atoms with Gasteiger partial charge in [0.05, 0.1) is 6.10 Å². The summed E-state index contributed by atoms with van der Waals surface area (Å²) < 4.78 is 0. The SMILES string of the molecule is CC(CN1CCC(O)C1)/C(N)=N/O. The zero-order chi connectivity index (χ0) is 9.84. The summed E-state index contributed by atoms with van der Waals surface area (Å²) in [6.45, 7) is 4.24. The summed E-state index contributed by atoms with van der Waals surface area (Å²) in [5, 5.41) is 20.6. The lowest BCUT2D eigenvalue weighted by Crippen LogP contribution is -2.34. The third-order valence-corrected chi connectivity index (χ3v) is 2.40. The number of hydrogen-bond acceptors (Lipinski definition) is 4. The van der Waals surface area contributed by atoms with Crippen LogP contribution in [0.4, 0.5) is 0 Å². The molecule has 0 amide bonds. The summed E-state index contributed by atoms with van der Waals surface area (Å²) in [4.78, 5) is 2.12. The Morgan fingerprint density at radius 1 is 1.77 bits per heavy atom. The zero-order valence-electron chi connectivity index (χ0n) is 7.85. The fourth-order valence-corrected chi connectivity index (χ4v) is 1.56. The highest BCUT2D eigenvalue weighted by Gasteiger charge is 2.22. The summed E-state index contributed by atoms with van der Waals surface area (Å²) in [5.41, 5.74) is 5.44. The largest absolute Gasteiger partial charge is 0.409 e. The Balaban J connectivity index is 2.32. The molecule has 2 atom stereocenters. The average molecular weight is 187 g/mol. The lowest BCUT2D eigenvalue weighted by Gasteiger charge is -2.18. The second-order valence-corrected chi connectivity index (χ2v) is 3.63. The third kappa shape index (κ3) is 2.86. The van der Waals surface area contributed by atoms with Crippen LogP contribution in [-0.2, 0) is 0 Å². The van der Waals surface area contributed by atoms with Gasteiger partial charge in [-0.15, -0.1) is 0 Å². The predicted octanol–water partition coefficient (Wildman–Crippen LogP) is -0.564. The highest BCUT2D eigenvalue weighted by molar-refractivity contribution is 5.82. The van der Waals surface area contributed by atoms with Crippen LogP contribution in [-0.4, -0.2) is 46.8 Å². The molecule has 2 unspecified atom stereocenters. The van der Waals surface area contributed by atoms with Gasteiger partial charge in [-0.05, 0) is 6.42 Å². The molecular weight excluding hydrogens is 170 g/mol. The fraction of sp³-hybridized carbons (Fsp3) is 0.875. The molecule has 0 aromatic heterocycles. The summed E-state index contributed by atoms with van der Waals surface area (Å²) >= 11 is 0. The van der Waals surface area contributed by atoms with Gasteiger partial charge < -0.3 is 16.0 Å². The minimum absolute atomic E-state index is 0.0373. The second-order valence-electron chi connectivity index (χ2n) is 3.63. The molecular formula is C8H17N3O2. The number of amidine groups is 1. The van der Waals surface area contributed by atoms with Crippen molar-refractivity contribution in [3.63, 3.8) is 0 Å². The molecule has 0 saturated carbocycles. The molecule has 1 aliphatic rings. The van der Waals surface area contributed by atoms with E-state index in [-0.39, 0.29) is 17.9 Å². The van der Waals surface area contributed by atoms with E-state index in [0.717, 1.165) is 19.5 Å². The number of aliphatic hydroxyl groups is 1. The first kappa shape index (κ1) is 10.3. The van der Waals surface area contributed by atoms with Gasteiger partial charge in [0, 0.05) is 25.6 Å². The summed E-state index contributed by atoms with van der Waals surface area (Å²) in [6.07, 6.45) is 0.614. The van der Waals surface area contributed by atoms with Gasteiger partial charge in [-0.3, -0.25) is 4.90 Å². The Kier molecular flexibility index (Phi) is 3.50. The first-order valence-electron chi connectivity index (χ1n) is 4.51. The first-order chi connectivity index (χ1) is 6.13. The van der Waals surface area contributed by atoms with Crippen molar-refractivity contribution in [1.82, 2.24) is 4.90 Å². The van der Waals surface area contributed by atoms with Gasteiger partial charge in [-0.1, -0.05) is 12.1 Å². The third-order valence-electron chi connectivity index (χ3n) is 2.40. The van der Waals surface area contributed by atoms with Crippen molar-refractivity contribution in [2.75, 3.05) is 19.6 Å². The molecule has 1 saturated heterocycles. The van der Waals surface area contributed by atoms with Crippen molar-refractivity contribution in [1.29, 1.82) is 0 Å². The summed E-state index contributed by atoms with van der Waals surface area (Å²) in [7, 11) is 0. The van der Waals surface area contributed by atoms with E-state index in [1.807, 2.05) is 6.92 Å². The Labute approximate surface area is 77.8 Å². The van der Waals surface area contributed by atoms with Crippen molar-refractivity contribution in [3.8, 4) is 0 Å². The average Bonchev–Trinajstić information content (AvgIpc) is 2.49. The number of nitrogens with zero attached hydrogens (tertiary/aromatic N) is 2. The van der Waals surface area contributed by atoms with E-state index in [1.54, 1.807) is 0 Å². The van der Waals surface area contributed by atoms with E-state index in [0.29, 0.717) is 6.54 Å². The second kappa shape index (κ2) is 4.43. The van der Waals surface area contributed by atoms with Gasteiger partial charge in [0.2, 0.25) is 0 Å². The van der Waals surface area contributed by atoms with Gasteiger partial charge in [0.15, 0.2) is 0 Å². The van der Waals surface area contributed by atoms with E-state index in [1.165, 1.54) is 0 Å². The van der Waals surface area contributed by atoms with Gasteiger partial charge in [0.25, 0.3) is 0 Å². The molecule has 1 fully saturated rings. The molecule has 0 aromatic carbocycles. The number of oxime groups is 1. The normalized spacial score (nSPS) is 27.8. The Bertz CT molecular complexity index is 196. The maximum Gasteiger partial charge on any atom is 0.143 e. The number of hydrogen-bond donors (Lipinski definition) is 3. The van der Waals surface area contributed by atoms with E-state index < -0.39 is 0 Å². The van der Waals surface area contributed by atoms with Crippen LogP contribution >= 0.6 is 0 Å². The van der Waals surface area contributed by atoms with Crippen LogP contribution in [0, 0.1) is 5.92 Å². The van der Waals surface area contributed by atoms with Gasteiger partial charge in [-0.2, -0.15) is 0 Å². The first-order valence-corrected chi connectivity index (χ1v) is 4.51. The smallest absolute Gasteiger partial charge is 0.143 e. The van der Waals surface area contributed by atoms with E-state index in [9.17, 15) is 5.11 Å². The van der Waals surface area contributed by atoms with Crippen LogP contribution in [0.2, 0.25) is 0 Å².